The smallest absolute Gasteiger partial charge is 0.162 e. The van der Waals surface area contributed by atoms with Gasteiger partial charge in [-0.3, -0.25) is 9.59 Å². The Bertz CT molecular complexity index is 710. The van der Waals surface area contributed by atoms with Gasteiger partial charge in [0.25, 0.3) is 0 Å². The van der Waals surface area contributed by atoms with Crippen molar-refractivity contribution in [3.05, 3.63) is 59.7 Å². The van der Waals surface area contributed by atoms with Gasteiger partial charge in [-0.2, -0.15) is 0 Å². The number of Topliss-reactive ketones (excluding diaryl/α,β-unsaturated/α-hetero) is 2. The fourth-order valence-corrected chi connectivity index (χ4v) is 3.26. The third kappa shape index (κ3) is 9.37. The summed E-state index contributed by atoms with van der Waals surface area (Å²) in [5.41, 5.74) is 1.33. The number of carbonyl (C=O) groups is 2. The van der Waals surface area contributed by atoms with Gasteiger partial charge in [0.05, 0.1) is 13.2 Å². The monoisotopic (exact) mass is 424 g/mol. The van der Waals surface area contributed by atoms with Gasteiger partial charge < -0.3 is 9.47 Å². The van der Waals surface area contributed by atoms with E-state index in [4.69, 9.17) is 9.47 Å². The van der Waals surface area contributed by atoms with E-state index in [0.29, 0.717) is 43.6 Å². The van der Waals surface area contributed by atoms with Crippen LogP contribution < -0.4 is 9.47 Å². The summed E-state index contributed by atoms with van der Waals surface area (Å²) >= 11 is 0. The molecule has 2 rings (SSSR count). The molecule has 2 aromatic rings. The van der Waals surface area contributed by atoms with Crippen LogP contribution >= 0.6 is 0 Å². The molecule has 0 radical (unpaired) electrons. The highest BCUT2D eigenvalue weighted by Crippen LogP contribution is 2.17. The number of hydrogen-bond acceptors (Lipinski definition) is 4. The standard InChI is InChI=1S/C27H36O4/c1-3-5-7-20-30-24-16-12-22(13-17-24)26(28)10-9-11-27(29)23-14-18-25(19-15-23)31-21-8-6-4-2/h12-19H,3-11,20-21H2,1-2H3. The molecule has 2 aromatic carbocycles. The van der Waals surface area contributed by atoms with E-state index < -0.39 is 0 Å². The lowest BCUT2D eigenvalue weighted by atomic mass is 10.0. The highest BCUT2D eigenvalue weighted by atomic mass is 16.5. The second-order valence-corrected chi connectivity index (χ2v) is 7.86. The summed E-state index contributed by atoms with van der Waals surface area (Å²) in [6, 6.07) is 14.6. The maximum atomic E-state index is 12.4. The molecule has 0 unspecified atom stereocenters. The second-order valence-electron chi connectivity index (χ2n) is 7.86. The first-order chi connectivity index (χ1) is 15.1. The molecule has 31 heavy (non-hydrogen) atoms. The van der Waals surface area contributed by atoms with Crippen LogP contribution in [-0.4, -0.2) is 24.8 Å². The van der Waals surface area contributed by atoms with Crippen LogP contribution in [0.15, 0.2) is 48.5 Å². The van der Waals surface area contributed by atoms with E-state index in [-0.39, 0.29) is 11.6 Å². The van der Waals surface area contributed by atoms with Crippen LogP contribution in [0.5, 0.6) is 11.5 Å². The number of ketones is 2. The van der Waals surface area contributed by atoms with Crippen molar-refractivity contribution in [3.8, 4) is 11.5 Å². The summed E-state index contributed by atoms with van der Waals surface area (Å²) in [5, 5.41) is 0. The van der Waals surface area contributed by atoms with Crippen LogP contribution in [0.1, 0.15) is 92.4 Å². The van der Waals surface area contributed by atoms with Gasteiger partial charge in [-0.05, 0) is 67.8 Å². The van der Waals surface area contributed by atoms with E-state index >= 15 is 0 Å². The van der Waals surface area contributed by atoms with Crippen LogP contribution in [0.25, 0.3) is 0 Å². The number of hydrogen-bond donors (Lipinski definition) is 0. The zero-order chi connectivity index (χ0) is 22.3. The van der Waals surface area contributed by atoms with Gasteiger partial charge >= 0.3 is 0 Å². The minimum Gasteiger partial charge on any atom is -0.494 e. The van der Waals surface area contributed by atoms with Crippen LogP contribution in [0.2, 0.25) is 0 Å². The fourth-order valence-electron chi connectivity index (χ4n) is 3.26. The normalized spacial score (nSPS) is 10.6. The van der Waals surface area contributed by atoms with E-state index in [9.17, 15) is 9.59 Å². The van der Waals surface area contributed by atoms with Crippen molar-refractivity contribution in [2.75, 3.05) is 13.2 Å². The van der Waals surface area contributed by atoms with Crippen LogP contribution in [-0.2, 0) is 0 Å². The predicted octanol–water partition coefficient (Wildman–Crippen LogP) is 7.06. The van der Waals surface area contributed by atoms with Crippen molar-refractivity contribution in [2.24, 2.45) is 0 Å². The maximum absolute atomic E-state index is 12.4. The van der Waals surface area contributed by atoms with Gasteiger partial charge in [-0.1, -0.05) is 39.5 Å². The molecule has 0 atom stereocenters. The molecule has 0 amide bonds. The van der Waals surface area contributed by atoms with Gasteiger partial charge in [0.1, 0.15) is 11.5 Å². The molecule has 4 nitrogen and oxygen atoms in total. The van der Waals surface area contributed by atoms with Crippen molar-refractivity contribution >= 4 is 11.6 Å². The van der Waals surface area contributed by atoms with Crippen LogP contribution in [0.3, 0.4) is 0 Å². The molecule has 0 aromatic heterocycles. The highest BCUT2D eigenvalue weighted by Gasteiger charge is 2.10. The summed E-state index contributed by atoms with van der Waals surface area (Å²) in [7, 11) is 0. The number of rotatable bonds is 16. The lowest BCUT2D eigenvalue weighted by Crippen LogP contribution is -2.04. The average Bonchev–Trinajstić information content (AvgIpc) is 2.80. The van der Waals surface area contributed by atoms with Crippen LogP contribution in [0, 0.1) is 0 Å². The highest BCUT2D eigenvalue weighted by molar-refractivity contribution is 5.98. The Morgan fingerprint density at radius 1 is 0.581 bits per heavy atom. The van der Waals surface area contributed by atoms with E-state index in [1.807, 2.05) is 24.3 Å². The van der Waals surface area contributed by atoms with Crippen molar-refractivity contribution in [3.63, 3.8) is 0 Å². The molecule has 0 heterocycles. The number of unbranched alkanes of at least 4 members (excludes halogenated alkanes) is 4. The molecule has 0 aliphatic rings. The molecule has 0 bridgehead atoms. The Balaban J connectivity index is 1.70. The SMILES string of the molecule is CCCCCOc1ccc(C(=O)CCCC(=O)c2ccc(OCCCCC)cc2)cc1. The Labute approximate surface area is 187 Å². The predicted molar refractivity (Wildman–Crippen MR) is 125 cm³/mol. The van der Waals surface area contributed by atoms with Crippen molar-refractivity contribution in [2.45, 2.75) is 71.6 Å². The van der Waals surface area contributed by atoms with E-state index in [0.717, 1.165) is 50.0 Å². The van der Waals surface area contributed by atoms with Gasteiger partial charge in [0, 0.05) is 24.0 Å². The van der Waals surface area contributed by atoms with Crippen molar-refractivity contribution in [1.82, 2.24) is 0 Å². The van der Waals surface area contributed by atoms with Crippen LogP contribution in [0.4, 0.5) is 0 Å². The molecular weight excluding hydrogens is 388 g/mol. The number of carbonyl (C=O) groups excluding carboxylic acids is 2. The zero-order valence-corrected chi connectivity index (χ0v) is 19.0. The largest absolute Gasteiger partial charge is 0.494 e. The molecular formula is C27H36O4. The maximum Gasteiger partial charge on any atom is 0.162 e. The first-order valence-electron chi connectivity index (χ1n) is 11.7. The zero-order valence-electron chi connectivity index (χ0n) is 19.0. The fraction of sp³-hybridized carbons (Fsp3) is 0.481. The molecule has 0 aliphatic heterocycles. The van der Waals surface area contributed by atoms with Gasteiger partial charge in [-0.15, -0.1) is 0 Å². The molecule has 168 valence electrons. The molecule has 0 saturated carbocycles. The Morgan fingerprint density at radius 2 is 0.968 bits per heavy atom. The molecule has 0 fully saturated rings. The van der Waals surface area contributed by atoms with E-state index in [1.54, 1.807) is 24.3 Å². The molecule has 0 N–H and O–H groups in total. The average molecular weight is 425 g/mol. The van der Waals surface area contributed by atoms with Crippen molar-refractivity contribution in [1.29, 1.82) is 0 Å². The summed E-state index contributed by atoms with van der Waals surface area (Å²) < 4.78 is 11.4. The minimum absolute atomic E-state index is 0.0566. The van der Waals surface area contributed by atoms with Gasteiger partial charge in [-0.25, -0.2) is 0 Å². The Hall–Kier alpha value is -2.62. The van der Waals surface area contributed by atoms with E-state index in [2.05, 4.69) is 13.8 Å². The van der Waals surface area contributed by atoms with Gasteiger partial charge in [0.15, 0.2) is 11.6 Å². The Kier molecular flexibility index (Phi) is 11.4. The van der Waals surface area contributed by atoms with E-state index in [1.165, 1.54) is 0 Å². The molecule has 0 saturated heterocycles. The quantitative estimate of drug-likeness (QED) is 0.214. The third-order valence-corrected chi connectivity index (χ3v) is 5.19. The summed E-state index contributed by atoms with van der Waals surface area (Å²) in [6.45, 7) is 5.73. The molecule has 4 heteroatoms. The second kappa shape index (κ2) is 14.4. The first-order valence-corrected chi connectivity index (χ1v) is 11.7. The van der Waals surface area contributed by atoms with Gasteiger partial charge in [0.2, 0.25) is 0 Å². The minimum atomic E-state index is 0.0566. The number of ether oxygens (including phenoxy) is 2. The summed E-state index contributed by atoms with van der Waals surface area (Å²) in [5.74, 6) is 1.70. The summed E-state index contributed by atoms with van der Waals surface area (Å²) in [4.78, 5) is 24.8. The summed E-state index contributed by atoms with van der Waals surface area (Å²) in [6.07, 6.45) is 8.00. The lowest BCUT2D eigenvalue weighted by Gasteiger charge is -2.07. The topological polar surface area (TPSA) is 52.6 Å². The molecule has 0 aliphatic carbocycles. The lowest BCUT2D eigenvalue weighted by molar-refractivity contribution is 0.0957. The third-order valence-electron chi connectivity index (χ3n) is 5.19. The first kappa shape index (κ1) is 24.6. The molecule has 0 spiro atoms. The van der Waals surface area contributed by atoms with Crippen molar-refractivity contribution < 1.29 is 19.1 Å². The Morgan fingerprint density at radius 3 is 1.32 bits per heavy atom. The number of benzene rings is 2.